The van der Waals surface area contributed by atoms with Crippen LogP contribution in [-0.4, -0.2) is 21.8 Å². The van der Waals surface area contributed by atoms with Crippen LogP contribution in [0.1, 0.15) is 17.4 Å². The van der Waals surface area contributed by atoms with Crippen molar-refractivity contribution in [1.29, 1.82) is 0 Å². The second kappa shape index (κ2) is 5.61. The maximum absolute atomic E-state index is 13.9. The molecule has 0 aliphatic carbocycles. The van der Waals surface area contributed by atoms with Crippen molar-refractivity contribution in [2.24, 2.45) is 7.05 Å². The van der Waals surface area contributed by atoms with E-state index in [4.69, 9.17) is 0 Å². The summed E-state index contributed by atoms with van der Waals surface area (Å²) in [6.07, 6.45) is 2.24. The molecule has 0 aliphatic heterocycles. The van der Waals surface area contributed by atoms with Gasteiger partial charge in [0, 0.05) is 24.9 Å². The van der Waals surface area contributed by atoms with Gasteiger partial charge in [0.05, 0.1) is 0 Å². The van der Waals surface area contributed by atoms with Crippen LogP contribution in [0.15, 0.2) is 42.7 Å². The Balaban J connectivity index is 2.05. The molecule has 1 heterocycles. The molecule has 3 rings (SSSR count). The summed E-state index contributed by atoms with van der Waals surface area (Å²) in [5.74, 6) is 0.700. The number of aryl methyl sites for hydroxylation is 1. The quantitative estimate of drug-likeness (QED) is 0.801. The Labute approximate surface area is 122 Å². The van der Waals surface area contributed by atoms with Crippen molar-refractivity contribution in [2.75, 3.05) is 7.05 Å². The summed E-state index contributed by atoms with van der Waals surface area (Å²) < 4.78 is 15.7. The highest BCUT2D eigenvalue weighted by Gasteiger charge is 2.17. The Hall–Kier alpha value is -2.27. The molecule has 108 valence electrons. The van der Waals surface area contributed by atoms with Crippen molar-refractivity contribution >= 4 is 10.8 Å². The molecule has 0 saturated heterocycles. The van der Waals surface area contributed by atoms with Crippen molar-refractivity contribution in [3.05, 3.63) is 59.9 Å². The van der Waals surface area contributed by atoms with E-state index >= 15 is 0 Å². The van der Waals surface area contributed by atoms with E-state index in [1.165, 1.54) is 6.07 Å². The van der Waals surface area contributed by atoms with Gasteiger partial charge in [-0.05, 0) is 24.1 Å². The topological polar surface area (TPSA) is 42.7 Å². The number of nitrogens with zero attached hydrogens (tertiary/aromatic N) is 3. The Morgan fingerprint density at radius 1 is 1.19 bits per heavy atom. The molecule has 0 radical (unpaired) electrons. The standard InChI is InChI=1S/C16H17FN4/c1-18-15(9-16-19-10-20-21(16)2)13-7-8-14(17)12-6-4-3-5-11(12)13/h3-8,10,15,18H,9H2,1-2H3. The van der Waals surface area contributed by atoms with Crippen molar-refractivity contribution < 1.29 is 4.39 Å². The second-order valence-corrected chi connectivity index (χ2v) is 5.03. The summed E-state index contributed by atoms with van der Waals surface area (Å²) in [5.41, 5.74) is 1.07. The van der Waals surface area contributed by atoms with Gasteiger partial charge in [0.15, 0.2) is 0 Å². The zero-order valence-corrected chi connectivity index (χ0v) is 12.0. The van der Waals surface area contributed by atoms with E-state index in [1.807, 2.05) is 44.4 Å². The summed E-state index contributed by atoms with van der Waals surface area (Å²) in [4.78, 5) is 4.26. The van der Waals surface area contributed by atoms with Crippen LogP contribution in [-0.2, 0) is 13.5 Å². The first-order valence-electron chi connectivity index (χ1n) is 6.88. The van der Waals surface area contributed by atoms with Crippen LogP contribution in [0.2, 0.25) is 0 Å². The van der Waals surface area contributed by atoms with Crippen LogP contribution in [0.4, 0.5) is 4.39 Å². The molecule has 4 nitrogen and oxygen atoms in total. The lowest BCUT2D eigenvalue weighted by atomic mass is 9.96. The number of hydrogen-bond acceptors (Lipinski definition) is 3. The minimum Gasteiger partial charge on any atom is -0.313 e. The van der Waals surface area contributed by atoms with Crippen LogP contribution in [0.3, 0.4) is 0 Å². The molecular weight excluding hydrogens is 267 g/mol. The normalized spacial score (nSPS) is 12.7. The highest BCUT2D eigenvalue weighted by Crippen LogP contribution is 2.28. The zero-order chi connectivity index (χ0) is 14.8. The van der Waals surface area contributed by atoms with Gasteiger partial charge in [-0.25, -0.2) is 9.37 Å². The van der Waals surface area contributed by atoms with E-state index < -0.39 is 0 Å². The van der Waals surface area contributed by atoms with Gasteiger partial charge >= 0.3 is 0 Å². The van der Waals surface area contributed by atoms with Crippen LogP contribution < -0.4 is 5.32 Å². The van der Waals surface area contributed by atoms with Gasteiger partial charge in [0.1, 0.15) is 18.0 Å². The Kier molecular flexibility index (Phi) is 3.66. The Morgan fingerprint density at radius 2 is 1.95 bits per heavy atom. The number of benzene rings is 2. The van der Waals surface area contributed by atoms with Gasteiger partial charge in [-0.15, -0.1) is 0 Å². The molecular formula is C16H17FN4. The third-order valence-corrected chi connectivity index (χ3v) is 3.82. The molecule has 3 aromatic rings. The molecule has 0 amide bonds. The number of nitrogens with one attached hydrogen (secondary N) is 1. The van der Waals surface area contributed by atoms with Crippen molar-refractivity contribution in [3.63, 3.8) is 0 Å². The molecule has 1 atom stereocenters. The average Bonchev–Trinajstić information content (AvgIpc) is 2.91. The molecule has 1 N–H and O–H groups in total. The Morgan fingerprint density at radius 3 is 2.62 bits per heavy atom. The fraction of sp³-hybridized carbons (Fsp3) is 0.250. The number of fused-ring (bicyclic) bond motifs is 1. The predicted molar refractivity (Wildman–Crippen MR) is 80.4 cm³/mol. The monoisotopic (exact) mass is 284 g/mol. The largest absolute Gasteiger partial charge is 0.313 e. The SMILES string of the molecule is CNC(Cc1ncnn1C)c1ccc(F)c2ccccc12. The maximum atomic E-state index is 13.9. The van der Waals surface area contributed by atoms with E-state index in [2.05, 4.69) is 15.4 Å². The summed E-state index contributed by atoms with van der Waals surface area (Å²) in [7, 11) is 3.77. The minimum absolute atomic E-state index is 0.0541. The van der Waals surface area contributed by atoms with Crippen LogP contribution in [0.5, 0.6) is 0 Å². The molecule has 0 aliphatic rings. The third-order valence-electron chi connectivity index (χ3n) is 3.82. The van der Waals surface area contributed by atoms with E-state index in [9.17, 15) is 4.39 Å². The highest BCUT2D eigenvalue weighted by molar-refractivity contribution is 5.86. The predicted octanol–water partition coefficient (Wildman–Crippen LogP) is 2.61. The smallest absolute Gasteiger partial charge is 0.138 e. The summed E-state index contributed by atoms with van der Waals surface area (Å²) in [6.45, 7) is 0. The minimum atomic E-state index is -0.192. The van der Waals surface area contributed by atoms with Gasteiger partial charge < -0.3 is 5.32 Å². The van der Waals surface area contributed by atoms with Gasteiger partial charge in [-0.2, -0.15) is 5.10 Å². The number of rotatable bonds is 4. The first kappa shape index (κ1) is 13.7. The maximum Gasteiger partial charge on any atom is 0.138 e. The number of hydrogen-bond donors (Lipinski definition) is 1. The third kappa shape index (κ3) is 2.52. The lowest BCUT2D eigenvalue weighted by Crippen LogP contribution is -2.21. The zero-order valence-electron chi connectivity index (χ0n) is 12.0. The molecule has 1 aromatic heterocycles. The fourth-order valence-electron chi connectivity index (χ4n) is 2.64. The number of halogens is 1. The fourth-order valence-corrected chi connectivity index (χ4v) is 2.64. The van der Waals surface area contributed by atoms with Crippen LogP contribution in [0, 0.1) is 5.82 Å². The highest BCUT2D eigenvalue weighted by atomic mass is 19.1. The van der Waals surface area contributed by atoms with E-state index in [-0.39, 0.29) is 11.9 Å². The summed E-state index contributed by atoms with van der Waals surface area (Å²) >= 11 is 0. The summed E-state index contributed by atoms with van der Waals surface area (Å²) in [6, 6.07) is 11.0. The van der Waals surface area contributed by atoms with Crippen LogP contribution in [0.25, 0.3) is 10.8 Å². The van der Waals surface area contributed by atoms with E-state index in [0.29, 0.717) is 11.8 Å². The van der Waals surface area contributed by atoms with Crippen molar-refractivity contribution in [1.82, 2.24) is 20.1 Å². The molecule has 0 spiro atoms. The molecule has 1 unspecified atom stereocenters. The van der Waals surface area contributed by atoms with Crippen LogP contribution >= 0.6 is 0 Å². The lowest BCUT2D eigenvalue weighted by molar-refractivity contribution is 0.555. The first-order valence-corrected chi connectivity index (χ1v) is 6.88. The second-order valence-electron chi connectivity index (χ2n) is 5.03. The van der Waals surface area contributed by atoms with Gasteiger partial charge in [-0.3, -0.25) is 4.68 Å². The van der Waals surface area contributed by atoms with E-state index in [0.717, 1.165) is 16.8 Å². The van der Waals surface area contributed by atoms with Crippen molar-refractivity contribution in [2.45, 2.75) is 12.5 Å². The summed E-state index contributed by atoms with van der Waals surface area (Å²) in [5, 5.41) is 8.96. The van der Waals surface area contributed by atoms with Gasteiger partial charge in [-0.1, -0.05) is 30.3 Å². The molecule has 0 fully saturated rings. The van der Waals surface area contributed by atoms with Crippen molar-refractivity contribution in [3.8, 4) is 0 Å². The first-order chi connectivity index (χ1) is 10.2. The number of likely N-dealkylation sites (N-methyl/N-ethyl adjacent to an activating group) is 1. The Bertz CT molecular complexity index is 766. The van der Waals surface area contributed by atoms with E-state index in [1.54, 1.807) is 11.0 Å². The molecule has 0 bridgehead atoms. The lowest BCUT2D eigenvalue weighted by Gasteiger charge is -2.18. The molecule has 2 aromatic carbocycles. The molecule has 21 heavy (non-hydrogen) atoms. The molecule has 0 saturated carbocycles. The van der Waals surface area contributed by atoms with Gasteiger partial charge in [0.2, 0.25) is 0 Å². The van der Waals surface area contributed by atoms with Gasteiger partial charge in [0.25, 0.3) is 0 Å². The molecule has 5 heteroatoms. The average molecular weight is 284 g/mol. The number of aromatic nitrogens is 3.